The highest BCUT2D eigenvalue weighted by atomic mass is 32.1. The van der Waals surface area contributed by atoms with Crippen molar-refractivity contribution in [2.24, 2.45) is 10.7 Å². The molecule has 3 rings (SSSR count). The van der Waals surface area contributed by atoms with Crippen molar-refractivity contribution in [2.45, 2.75) is 6.54 Å². The number of guanidine groups is 1. The predicted molar refractivity (Wildman–Crippen MR) is 85.3 cm³/mol. The maximum atomic E-state index is 6.01. The lowest BCUT2D eigenvalue weighted by Gasteiger charge is -2.27. The van der Waals surface area contributed by atoms with Crippen LogP contribution in [0.3, 0.4) is 0 Å². The maximum absolute atomic E-state index is 6.01. The van der Waals surface area contributed by atoms with Crippen LogP contribution in [0.4, 0.5) is 0 Å². The Balaban J connectivity index is 1.64. The van der Waals surface area contributed by atoms with Crippen LogP contribution in [0.15, 0.2) is 40.7 Å². The molecule has 110 valence electrons. The SMILES string of the molecule is NC(=NCc1csc(-c2ccccc2)n1)N1CCOCC1. The molecule has 1 aliphatic heterocycles. The summed E-state index contributed by atoms with van der Waals surface area (Å²) in [5, 5.41) is 3.06. The molecule has 0 aliphatic carbocycles. The zero-order valence-corrected chi connectivity index (χ0v) is 12.6. The van der Waals surface area contributed by atoms with Crippen LogP contribution < -0.4 is 5.73 Å². The summed E-state index contributed by atoms with van der Waals surface area (Å²) in [4.78, 5) is 11.1. The van der Waals surface area contributed by atoms with Gasteiger partial charge in [-0.05, 0) is 0 Å². The van der Waals surface area contributed by atoms with Gasteiger partial charge in [-0.2, -0.15) is 0 Å². The molecule has 2 aromatic rings. The van der Waals surface area contributed by atoms with E-state index < -0.39 is 0 Å². The highest BCUT2D eigenvalue weighted by Crippen LogP contribution is 2.23. The summed E-state index contributed by atoms with van der Waals surface area (Å²) < 4.78 is 5.30. The second kappa shape index (κ2) is 6.69. The van der Waals surface area contributed by atoms with Crippen molar-refractivity contribution in [3.63, 3.8) is 0 Å². The Morgan fingerprint density at radius 3 is 2.81 bits per heavy atom. The molecule has 6 heteroatoms. The topological polar surface area (TPSA) is 63.7 Å². The number of ether oxygens (including phenoxy) is 1. The Morgan fingerprint density at radius 1 is 1.29 bits per heavy atom. The average molecular weight is 302 g/mol. The highest BCUT2D eigenvalue weighted by molar-refractivity contribution is 7.13. The van der Waals surface area contributed by atoms with E-state index in [0.717, 1.165) is 29.4 Å². The number of rotatable bonds is 3. The summed E-state index contributed by atoms with van der Waals surface area (Å²) in [6, 6.07) is 10.2. The number of benzene rings is 1. The largest absolute Gasteiger partial charge is 0.378 e. The van der Waals surface area contributed by atoms with E-state index in [0.29, 0.717) is 25.7 Å². The van der Waals surface area contributed by atoms with E-state index in [2.05, 4.69) is 22.1 Å². The molecule has 2 heterocycles. The van der Waals surface area contributed by atoms with Crippen molar-refractivity contribution in [3.05, 3.63) is 41.4 Å². The van der Waals surface area contributed by atoms with Crippen LogP contribution in [0, 0.1) is 0 Å². The number of morpholine rings is 1. The van der Waals surface area contributed by atoms with Crippen molar-refractivity contribution in [3.8, 4) is 10.6 Å². The predicted octanol–water partition coefficient (Wildman–Crippen LogP) is 1.96. The van der Waals surface area contributed by atoms with Crippen LogP contribution in [-0.4, -0.2) is 42.1 Å². The van der Waals surface area contributed by atoms with Crippen LogP contribution in [0.5, 0.6) is 0 Å². The molecule has 0 atom stereocenters. The number of hydrogen-bond acceptors (Lipinski definition) is 4. The fourth-order valence-electron chi connectivity index (χ4n) is 2.15. The molecule has 1 aliphatic rings. The average Bonchev–Trinajstić information content (AvgIpc) is 3.03. The van der Waals surface area contributed by atoms with Crippen LogP contribution in [-0.2, 0) is 11.3 Å². The molecule has 1 fully saturated rings. The number of hydrogen-bond donors (Lipinski definition) is 1. The van der Waals surface area contributed by atoms with Crippen LogP contribution in [0.2, 0.25) is 0 Å². The summed E-state index contributed by atoms with van der Waals surface area (Å²) in [5.41, 5.74) is 8.10. The first kappa shape index (κ1) is 14.0. The monoisotopic (exact) mass is 302 g/mol. The summed E-state index contributed by atoms with van der Waals surface area (Å²) in [7, 11) is 0. The minimum absolute atomic E-state index is 0.520. The van der Waals surface area contributed by atoms with Gasteiger partial charge in [-0.25, -0.2) is 9.98 Å². The lowest BCUT2D eigenvalue weighted by molar-refractivity contribution is 0.0674. The number of aliphatic imine (C=N–C) groups is 1. The van der Waals surface area contributed by atoms with Gasteiger partial charge in [0.2, 0.25) is 0 Å². The third kappa shape index (κ3) is 3.59. The Hall–Kier alpha value is -1.92. The normalized spacial score (nSPS) is 16.2. The van der Waals surface area contributed by atoms with Crippen molar-refractivity contribution in [1.82, 2.24) is 9.88 Å². The maximum Gasteiger partial charge on any atom is 0.191 e. The molecule has 0 bridgehead atoms. The molecule has 0 saturated carbocycles. The molecule has 21 heavy (non-hydrogen) atoms. The fourth-order valence-corrected chi connectivity index (χ4v) is 2.96. The van der Waals surface area contributed by atoms with Gasteiger partial charge in [-0.15, -0.1) is 11.3 Å². The Bertz CT molecular complexity index is 605. The summed E-state index contributed by atoms with van der Waals surface area (Å²) in [5.74, 6) is 0.576. The number of aromatic nitrogens is 1. The standard InChI is InChI=1S/C15H18N4OS/c16-15(19-6-8-20-9-7-19)17-10-13-11-21-14(18-13)12-4-2-1-3-5-12/h1-5,11H,6-10H2,(H2,16,17). The van der Waals surface area contributed by atoms with Gasteiger partial charge in [0.15, 0.2) is 5.96 Å². The number of nitrogens with zero attached hydrogens (tertiary/aromatic N) is 3. The van der Waals surface area contributed by atoms with Crippen LogP contribution in [0.25, 0.3) is 10.6 Å². The number of thiazole rings is 1. The molecular formula is C15H18N4OS. The van der Waals surface area contributed by atoms with Gasteiger partial charge in [0.1, 0.15) is 5.01 Å². The van der Waals surface area contributed by atoms with E-state index in [1.54, 1.807) is 11.3 Å². The second-order valence-electron chi connectivity index (χ2n) is 4.78. The molecule has 1 aromatic heterocycles. The minimum atomic E-state index is 0.520. The Morgan fingerprint density at radius 2 is 2.05 bits per heavy atom. The van der Waals surface area contributed by atoms with E-state index in [4.69, 9.17) is 10.5 Å². The lowest BCUT2D eigenvalue weighted by Crippen LogP contribution is -2.44. The summed E-state index contributed by atoms with van der Waals surface area (Å²) in [6.07, 6.45) is 0. The van der Waals surface area contributed by atoms with Crippen molar-refractivity contribution in [2.75, 3.05) is 26.3 Å². The van der Waals surface area contributed by atoms with Gasteiger partial charge in [0.05, 0.1) is 25.5 Å². The molecule has 1 saturated heterocycles. The molecular weight excluding hydrogens is 284 g/mol. The molecule has 1 aromatic carbocycles. The minimum Gasteiger partial charge on any atom is -0.378 e. The second-order valence-corrected chi connectivity index (χ2v) is 5.64. The molecule has 0 unspecified atom stereocenters. The number of nitrogens with two attached hydrogens (primary N) is 1. The van der Waals surface area contributed by atoms with Crippen molar-refractivity contribution >= 4 is 17.3 Å². The van der Waals surface area contributed by atoms with E-state index in [-0.39, 0.29) is 0 Å². The molecule has 0 amide bonds. The van der Waals surface area contributed by atoms with Gasteiger partial charge in [0.25, 0.3) is 0 Å². The fraction of sp³-hybridized carbons (Fsp3) is 0.333. The first-order chi connectivity index (χ1) is 10.3. The Labute approximate surface area is 128 Å². The van der Waals surface area contributed by atoms with Gasteiger partial charge in [-0.3, -0.25) is 0 Å². The first-order valence-electron chi connectivity index (χ1n) is 6.95. The quantitative estimate of drug-likeness (QED) is 0.695. The van der Waals surface area contributed by atoms with Crippen LogP contribution >= 0.6 is 11.3 Å². The third-order valence-corrected chi connectivity index (χ3v) is 4.25. The molecule has 0 spiro atoms. The zero-order valence-electron chi connectivity index (χ0n) is 11.7. The van der Waals surface area contributed by atoms with E-state index in [9.17, 15) is 0 Å². The third-order valence-electron chi connectivity index (χ3n) is 3.31. The van der Waals surface area contributed by atoms with Gasteiger partial charge < -0.3 is 15.4 Å². The van der Waals surface area contributed by atoms with Crippen LogP contribution in [0.1, 0.15) is 5.69 Å². The smallest absolute Gasteiger partial charge is 0.191 e. The molecule has 2 N–H and O–H groups in total. The van der Waals surface area contributed by atoms with Crippen molar-refractivity contribution < 1.29 is 4.74 Å². The lowest BCUT2D eigenvalue weighted by atomic mass is 10.2. The van der Waals surface area contributed by atoms with Gasteiger partial charge >= 0.3 is 0 Å². The van der Waals surface area contributed by atoms with Gasteiger partial charge in [0, 0.05) is 24.0 Å². The molecule has 5 nitrogen and oxygen atoms in total. The highest BCUT2D eigenvalue weighted by Gasteiger charge is 2.12. The first-order valence-corrected chi connectivity index (χ1v) is 7.83. The summed E-state index contributed by atoms with van der Waals surface area (Å²) in [6.45, 7) is 3.56. The van der Waals surface area contributed by atoms with Crippen molar-refractivity contribution in [1.29, 1.82) is 0 Å². The van der Waals surface area contributed by atoms with Gasteiger partial charge in [-0.1, -0.05) is 30.3 Å². The Kier molecular flexibility index (Phi) is 4.47. The van der Waals surface area contributed by atoms with E-state index >= 15 is 0 Å². The van der Waals surface area contributed by atoms with E-state index in [1.165, 1.54) is 0 Å². The zero-order chi connectivity index (χ0) is 14.5. The van der Waals surface area contributed by atoms with E-state index in [1.807, 2.05) is 28.5 Å². The molecule has 0 radical (unpaired) electrons. The summed E-state index contributed by atoms with van der Waals surface area (Å²) >= 11 is 1.64.